The molecule has 0 bridgehead atoms. The second kappa shape index (κ2) is 17.9. The van der Waals surface area contributed by atoms with Crippen molar-refractivity contribution in [3.63, 3.8) is 0 Å². The highest BCUT2D eigenvalue weighted by molar-refractivity contribution is 5.96. The lowest BCUT2D eigenvalue weighted by Crippen LogP contribution is -2.67. The number of carbonyl (C=O) groups is 6. The van der Waals surface area contributed by atoms with E-state index in [1.54, 1.807) is 6.92 Å². The van der Waals surface area contributed by atoms with E-state index >= 15 is 0 Å². The Bertz CT molecular complexity index is 2390. The molecule has 13 nitrogen and oxygen atoms in total. The molecule has 1 saturated heterocycles. The molecule has 22 atom stereocenters. The van der Waals surface area contributed by atoms with Crippen molar-refractivity contribution in [3.8, 4) is 0 Å². The van der Waals surface area contributed by atoms with Crippen LogP contribution >= 0.6 is 0 Å². The molecule has 0 radical (unpaired) electrons. The summed E-state index contributed by atoms with van der Waals surface area (Å²) < 4.78 is 11.6. The monoisotopic (exact) mass is 1040 g/mol. The van der Waals surface area contributed by atoms with Gasteiger partial charge in [-0.15, -0.1) is 0 Å². The van der Waals surface area contributed by atoms with Gasteiger partial charge in [-0.25, -0.2) is 0 Å². The normalized spacial score (nSPS) is 51.2. The molecule has 3 N–H and O–H groups in total. The first-order valence-electron chi connectivity index (χ1n) is 29.2. The van der Waals surface area contributed by atoms with Crippen LogP contribution in [0.3, 0.4) is 0 Å². The highest BCUT2D eigenvalue weighted by atomic mass is 16.5. The van der Waals surface area contributed by atoms with Crippen LogP contribution in [0, 0.1) is 101 Å². The van der Waals surface area contributed by atoms with E-state index in [0.29, 0.717) is 61.9 Å². The second-order valence-electron chi connectivity index (χ2n) is 29.7. The quantitative estimate of drug-likeness (QED) is 0.199. The molecular formula is C62H100N4O9. The summed E-state index contributed by atoms with van der Waals surface area (Å²) in [4.78, 5) is 83.8. The number of nitrogens with zero attached hydrogens (tertiary/aromatic N) is 2. The molecule has 0 aromatic heterocycles. The average Bonchev–Trinajstić information content (AvgIpc) is 4.16. The standard InChI is InChI=1S/C34H54N2O5.C27H42N2O4.CH4/c1-19(2)29(40)35-26-13-14-33-17-34(33)25(12-11-24(33)30(26,7)18-41-23(6)38)31(8)15-20(3)28(21(4)36(10)22(5)37)32(31,9)16-27(34)39;1-15(29(5)6)21-16(30)9-24(3)19-8-7-18-23(2)13-33-14-28-22(23)17(31)10-26(18)12-27(19,26)20(32)11-25(21,24)4;/h19-21,24-26,28H,11-18H2,1-10H3,(H,35,40);15-16,18-19,21-22,28,30H,7-14H2,1-6H3;1H4/t20-,21?,24?,25?,26+,28-,30+,31+,32-,33?,34+;15?,16-,18?,19?,21+,22+,23+,24+,25-,26?,27+;/m11./s1. The van der Waals surface area contributed by atoms with E-state index < -0.39 is 11.5 Å². The molecule has 4 spiro atoms. The predicted molar refractivity (Wildman–Crippen MR) is 288 cm³/mol. The molecule has 1 aliphatic heterocycles. The van der Waals surface area contributed by atoms with E-state index in [1.807, 2.05) is 25.8 Å². The number of Topliss-reactive ketones (excluding diaryl/α,β-unsaturated/α-hetero) is 3. The van der Waals surface area contributed by atoms with Crippen LogP contribution in [-0.2, 0) is 38.2 Å². The summed E-state index contributed by atoms with van der Waals surface area (Å²) in [6, 6.07) is 0.0569. The zero-order valence-electron chi connectivity index (χ0n) is 48.4. The molecule has 0 aromatic rings. The molecule has 10 aliphatic carbocycles. The lowest BCUT2D eigenvalue weighted by Gasteiger charge is -2.63. The van der Waals surface area contributed by atoms with Crippen LogP contribution < -0.4 is 10.6 Å². The van der Waals surface area contributed by atoms with Gasteiger partial charge in [0.15, 0.2) is 5.78 Å². The number of aliphatic hydroxyl groups excluding tert-OH is 1. The Kier molecular flexibility index (Phi) is 13.6. The van der Waals surface area contributed by atoms with Gasteiger partial charge in [0.1, 0.15) is 11.6 Å². The number of nitrogens with one attached hydrogen (secondary N) is 2. The Labute approximate surface area is 451 Å². The molecule has 11 fully saturated rings. The first kappa shape index (κ1) is 57.0. The third kappa shape index (κ3) is 7.05. The summed E-state index contributed by atoms with van der Waals surface area (Å²) in [5, 5.41) is 18.1. The van der Waals surface area contributed by atoms with Gasteiger partial charge in [-0.2, -0.15) is 0 Å². The number of esters is 1. The number of ketones is 3. The van der Waals surface area contributed by atoms with Crippen LogP contribution in [0.15, 0.2) is 0 Å². The molecule has 11 rings (SSSR count). The molecule has 10 saturated carbocycles. The molecule has 75 heavy (non-hydrogen) atoms. The minimum atomic E-state index is -0.422. The van der Waals surface area contributed by atoms with Gasteiger partial charge in [0.2, 0.25) is 11.8 Å². The maximum atomic E-state index is 14.7. The topological polar surface area (TPSA) is 172 Å². The number of fused-ring (bicyclic) bond motifs is 6. The third-order valence-corrected chi connectivity index (χ3v) is 26.7. The van der Waals surface area contributed by atoms with Crippen LogP contribution in [0.5, 0.6) is 0 Å². The number of ether oxygens (including phenoxy) is 2. The van der Waals surface area contributed by atoms with Gasteiger partial charge in [0.25, 0.3) is 0 Å². The van der Waals surface area contributed by atoms with Gasteiger partial charge in [0.05, 0.1) is 32.1 Å². The summed E-state index contributed by atoms with van der Waals surface area (Å²) in [6.45, 7) is 28.9. The van der Waals surface area contributed by atoms with Crippen molar-refractivity contribution in [2.45, 2.75) is 211 Å². The molecule has 0 aromatic carbocycles. The van der Waals surface area contributed by atoms with E-state index in [-0.39, 0.29) is 140 Å². The number of carbonyl (C=O) groups excluding carboxylic acids is 6. The largest absolute Gasteiger partial charge is 0.465 e. The van der Waals surface area contributed by atoms with Gasteiger partial charge < -0.3 is 29.7 Å². The van der Waals surface area contributed by atoms with Crippen LogP contribution in [0.25, 0.3) is 0 Å². The lowest BCUT2D eigenvalue weighted by molar-refractivity contribution is -0.183. The Morgan fingerprint density at radius 2 is 1.29 bits per heavy atom. The van der Waals surface area contributed by atoms with E-state index in [1.165, 1.54) is 6.92 Å². The van der Waals surface area contributed by atoms with Crippen LogP contribution in [0.2, 0.25) is 0 Å². The molecule has 1 heterocycles. The molecular weight excluding hydrogens is 945 g/mol. The highest BCUT2D eigenvalue weighted by Gasteiger charge is 2.89. The average molecular weight is 1050 g/mol. The summed E-state index contributed by atoms with van der Waals surface area (Å²) >= 11 is 0. The lowest BCUT2D eigenvalue weighted by atomic mass is 9.41. The van der Waals surface area contributed by atoms with E-state index in [4.69, 9.17) is 9.47 Å². The van der Waals surface area contributed by atoms with Crippen LogP contribution in [-0.4, -0.2) is 121 Å². The maximum Gasteiger partial charge on any atom is 0.302 e. The van der Waals surface area contributed by atoms with E-state index in [2.05, 4.69) is 91.9 Å². The van der Waals surface area contributed by atoms with Crippen LogP contribution in [0.4, 0.5) is 0 Å². The molecule has 8 unspecified atom stereocenters. The van der Waals surface area contributed by atoms with Crippen molar-refractivity contribution >= 4 is 35.1 Å². The van der Waals surface area contributed by atoms with Gasteiger partial charge in [-0.3, -0.25) is 34.1 Å². The number of aliphatic hydroxyl groups is 1. The number of rotatable bonds is 8. The van der Waals surface area contributed by atoms with Crippen molar-refractivity contribution < 1.29 is 43.3 Å². The first-order valence-corrected chi connectivity index (χ1v) is 29.2. The molecule has 2 amide bonds. The SMILES string of the molecule is C.CC(=O)OC[C@@]1(C)C2CCC3[C@]4(C)C[C@@H](C)[C@H](C(C)N(C)C(C)=O)[C@@]4(C)CC(=O)[C@]34CC24CC[C@@H]1NC(=O)C(C)C.CC([C@H]1[C@H](O)C[C@@]2(C)C3CCC4C5(CC(=O)[C@@H]6NCOC[C@@]46C)C[C@@]35C(=O)C[C@]12C)N(C)C. The summed E-state index contributed by atoms with van der Waals surface area (Å²) in [5.74, 6) is 2.71. The summed E-state index contributed by atoms with van der Waals surface area (Å²) in [5.41, 5.74) is -2.10. The minimum Gasteiger partial charge on any atom is -0.465 e. The van der Waals surface area contributed by atoms with Crippen molar-refractivity contribution in [2.24, 2.45) is 101 Å². The van der Waals surface area contributed by atoms with E-state index in [9.17, 15) is 33.9 Å². The smallest absolute Gasteiger partial charge is 0.302 e. The fourth-order valence-electron chi connectivity index (χ4n) is 23.0. The van der Waals surface area contributed by atoms with Crippen molar-refractivity contribution in [1.82, 2.24) is 20.4 Å². The molecule has 13 heteroatoms. The van der Waals surface area contributed by atoms with Gasteiger partial charge >= 0.3 is 5.97 Å². The predicted octanol–water partition coefficient (Wildman–Crippen LogP) is 8.67. The Balaban J connectivity index is 0.000000185. The van der Waals surface area contributed by atoms with Gasteiger partial charge in [0, 0.05) is 91.8 Å². The Morgan fingerprint density at radius 3 is 1.87 bits per heavy atom. The fraction of sp³-hybridized carbons (Fsp3) is 0.903. The second-order valence-corrected chi connectivity index (χ2v) is 29.7. The number of amides is 2. The maximum absolute atomic E-state index is 14.7. The minimum absolute atomic E-state index is 0. The van der Waals surface area contributed by atoms with E-state index in [0.717, 1.165) is 64.2 Å². The Morgan fingerprint density at radius 1 is 0.747 bits per heavy atom. The third-order valence-electron chi connectivity index (χ3n) is 26.7. The summed E-state index contributed by atoms with van der Waals surface area (Å²) in [7, 11) is 6.07. The molecule has 422 valence electrons. The highest BCUT2D eigenvalue weighted by Crippen LogP contribution is 2.90. The van der Waals surface area contributed by atoms with Crippen molar-refractivity contribution in [2.75, 3.05) is 41.1 Å². The summed E-state index contributed by atoms with van der Waals surface area (Å²) in [6.07, 6.45) is 10.7. The van der Waals surface area contributed by atoms with Gasteiger partial charge in [-0.05, 0) is 160 Å². The van der Waals surface area contributed by atoms with Crippen LogP contribution in [0.1, 0.15) is 181 Å². The fourth-order valence-corrected chi connectivity index (χ4v) is 23.0. The zero-order chi connectivity index (χ0) is 54.3. The molecule has 11 aliphatic rings. The first-order chi connectivity index (χ1) is 34.3. The Hall–Kier alpha value is -2.74. The zero-order valence-corrected chi connectivity index (χ0v) is 48.4. The number of hydrogen-bond donors (Lipinski definition) is 3. The number of hydrogen-bond acceptors (Lipinski definition) is 11. The van der Waals surface area contributed by atoms with Crippen molar-refractivity contribution in [1.29, 1.82) is 0 Å². The van der Waals surface area contributed by atoms with Gasteiger partial charge in [-0.1, -0.05) is 69.7 Å². The van der Waals surface area contributed by atoms with Crippen molar-refractivity contribution in [3.05, 3.63) is 0 Å².